The Morgan fingerprint density at radius 2 is 1.81 bits per heavy atom. The summed E-state index contributed by atoms with van der Waals surface area (Å²) in [6, 6.07) is 11.1. The minimum absolute atomic E-state index is 0.0642. The topological polar surface area (TPSA) is 38.8 Å². The Labute approximate surface area is 156 Å². The van der Waals surface area contributed by atoms with E-state index >= 15 is 0 Å². The third-order valence-electron chi connectivity index (χ3n) is 5.95. The fourth-order valence-electron chi connectivity index (χ4n) is 4.40. The van der Waals surface area contributed by atoms with Crippen molar-refractivity contribution in [1.82, 2.24) is 20.0 Å². The highest BCUT2D eigenvalue weighted by Crippen LogP contribution is 2.21. The number of hydrogen-bond donors (Lipinski definition) is 1. The lowest BCUT2D eigenvalue weighted by atomic mass is 10.1. The van der Waals surface area contributed by atoms with Gasteiger partial charge in [0.25, 0.3) is 0 Å². The second kappa shape index (κ2) is 8.23. The second-order valence-electron chi connectivity index (χ2n) is 7.73. The molecule has 2 saturated heterocycles. The van der Waals surface area contributed by atoms with E-state index in [0.717, 1.165) is 52.2 Å². The summed E-state index contributed by atoms with van der Waals surface area (Å²) < 4.78 is 0. The standard InChI is InChI=1S/C21H30N4O/c26-21(25-15-10-19(16-25)24-13-6-7-14-24)22-20(17-23-11-4-5-12-23)18-8-2-1-3-9-18/h1-3,6-9,19-20H,4-5,10-17H2,(H,22,26)/t19-,20-/m0/s1. The summed E-state index contributed by atoms with van der Waals surface area (Å²) in [5, 5.41) is 3.32. The van der Waals surface area contributed by atoms with Crippen LogP contribution in [0, 0.1) is 0 Å². The van der Waals surface area contributed by atoms with Crippen LogP contribution in [-0.2, 0) is 0 Å². The van der Waals surface area contributed by atoms with Crippen LogP contribution >= 0.6 is 0 Å². The Bertz CT molecular complexity index is 618. The highest BCUT2D eigenvalue weighted by Gasteiger charge is 2.31. The summed E-state index contributed by atoms with van der Waals surface area (Å²) in [5.41, 5.74) is 1.20. The van der Waals surface area contributed by atoms with Crippen LogP contribution < -0.4 is 5.32 Å². The number of rotatable bonds is 5. The zero-order valence-electron chi connectivity index (χ0n) is 15.5. The number of carbonyl (C=O) groups is 1. The molecule has 2 fully saturated rings. The van der Waals surface area contributed by atoms with Crippen LogP contribution in [0.2, 0.25) is 0 Å². The molecule has 0 unspecified atom stereocenters. The summed E-state index contributed by atoms with van der Waals surface area (Å²) in [6.07, 6.45) is 8.08. The Kier molecular flexibility index (Phi) is 5.56. The number of amides is 2. The van der Waals surface area contributed by atoms with Gasteiger partial charge in [0.2, 0.25) is 0 Å². The molecule has 2 amide bonds. The van der Waals surface area contributed by atoms with Crippen LogP contribution in [0.1, 0.15) is 30.9 Å². The van der Waals surface area contributed by atoms with Crippen LogP contribution in [0.5, 0.6) is 0 Å². The van der Waals surface area contributed by atoms with Crippen LogP contribution in [0.3, 0.4) is 0 Å². The molecular weight excluding hydrogens is 324 g/mol. The summed E-state index contributed by atoms with van der Waals surface area (Å²) in [5.74, 6) is 0. The Morgan fingerprint density at radius 1 is 1.08 bits per heavy atom. The number of hydrogen-bond acceptors (Lipinski definition) is 3. The fraction of sp³-hybridized carbons (Fsp3) is 0.571. The van der Waals surface area contributed by atoms with Crippen molar-refractivity contribution >= 4 is 6.03 Å². The summed E-state index contributed by atoms with van der Waals surface area (Å²) >= 11 is 0. The molecule has 3 aliphatic rings. The van der Waals surface area contributed by atoms with Gasteiger partial charge in [-0.25, -0.2) is 4.79 Å². The largest absolute Gasteiger partial charge is 0.330 e. The molecule has 1 aromatic carbocycles. The molecule has 0 aliphatic carbocycles. The molecule has 0 saturated carbocycles. The van der Waals surface area contributed by atoms with Crippen LogP contribution in [0.25, 0.3) is 0 Å². The number of carbonyl (C=O) groups excluding carboxylic acids is 1. The third-order valence-corrected chi connectivity index (χ3v) is 5.95. The van der Waals surface area contributed by atoms with E-state index in [4.69, 9.17) is 0 Å². The van der Waals surface area contributed by atoms with Crippen molar-refractivity contribution < 1.29 is 4.79 Å². The fourth-order valence-corrected chi connectivity index (χ4v) is 4.40. The van der Waals surface area contributed by atoms with Gasteiger partial charge in [0.15, 0.2) is 0 Å². The van der Waals surface area contributed by atoms with Crippen molar-refractivity contribution in [2.24, 2.45) is 0 Å². The molecule has 5 nitrogen and oxygen atoms in total. The Morgan fingerprint density at radius 3 is 2.54 bits per heavy atom. The molecule has 4 rings (SSSR count). The van der Waals surface area contributed by atoms with Crippen LogP contribution in [0.4, 0.5) is 4.79 Å². The average molecular weight is 354 g/mol. The van der Waals surface area contributed by atoms with E-state index in [9.17, 15) is 4.79 Å². The number of benzene rings is 1. The number of urea groups is 1. The van der Waals surface area contributed by atoms with Gasteiger partial charge in [0.05, 0.1) is 6.04 Å². The van der Waals surface area contributed by atoms with Gasteiger partial charge in [-0.3, -0.25) is 4.90 Å². The molecule has 2 atom stereocenters. The Balaban J connectivity index is 1.37. The van der Waals surface area contributed by atoms with E-state index in [-0.39, 0.29) is 12.1 Å². The quantitative estimate of drug-likeness (QED) is 0.826. The maximum absolute atomic E-state index is 12.9. The van der Waals surface area contributed by atoms with Gasteiger partial charge < -0.3 is 15.1 Å². The predicted octanol–water partition coefficient (Wildman–Crippen LogP) is 2.48. The zero-order chi connectivity index (χ0) is 17.8. The van der Waals surface area contributed by atoms with Crippen molar-refractivity contribution in [3.8, 4) is 0 Å². The van der Waals surface area contributed by atoms with Crippen molar-refractivity contribution in [3.05, 3.63) is 48.0 Å². The lowest BCUT2D eigenvalue weighted by Gasteiger charge is -2.28. The molecule has 0 spiro atoms. The first-order valence-electron chi connectivity index (χ1n) is 10.0. The third kappa shape index (κ3) is 4.10. The predicted molar refractivity (Wildman–Crippen MR) is 104 cm³/mol. The maximum atomic E-state index is 12.9. The molecule has 0 radical (unpaired) electrons. The number of nitrogens with one attached hydrogen (secondary N) is 1. The van der Waals surface area contributed by atoms with Crippen molar-refractivity contribution in [3.63, 3.8) is 0 Å². The van der Waals surface area contributed by atoms with E-state index in [1.165, 1.54) is 18.4 Å². The summed E-state index contributed by atoms with van der Waals surface area (Å²) in [6.45, 7) is 6.96. The van der Waals surface area contributed by atoms with E-state index in [1.807, 2.05) is 11.0 Å². The minimum Gasteiger partial charge on any atom is -0.330 e. The van der Waals surface area contributed by atoms with E-state index in [2.05, 4.69) is 51.5 Å². The SMILES string of the molecule is O=C(N[C@@H](CN1CCCC1)c1ccccc1)N1CC[C@H](N2CC=CC2)C1. The average Bonchev–Trinajstić information content (AvgIpc) is 3.42. The number of likely N-dealkylation sites (tertiary alicyclic amines) is 2. The normalized spacial score (nSPS) is 25.1. The van der Waals surface area contributed by atoms with E-state index in [1.54, 1.807) is 0 Å². The summed E-state index contributed by atoms with van der Waals surface area (Å²) in [7, 11) is 0. The highest BCUT2D eigenvalue weighted by atomic mass is 16.2. The first-order valence-corrected chi connectivity index (χ1v) is 10.0. The second-order valence-corrected chi connectivity index (χ2v) is 7.73. The lowest BCUT2D eigenvalue weighted by molar-refractivity contribution is 0.191. The molecule has 1 N–H and O–H groups in total. The molecular formula is C21H30N4O. The monoisotopic (exact) mass is 354 g/mol. The van der Waals surface area contributed by atoms with Gasteiger partial charge in [-0.05, 0) is 37.9 Å². The van der Waals surface area contributed by atoms with E-state index < -0.39 is 0 Å². The van der Waals surface area contributed by atoms with Gasteiger partial charge in [0, 0.05) is 38.8 Å². The van der Waals surface area contributed by atoms with Gasteiger partial charge in [0.1, 0.15) is 0 Å². The van der Waals surface area contributed by atoms with Gasteiger partial charge in [-0.1, -0.05) is 42.5 Å². The zero-order valence-corrected chi connectivity index (χ0v) is 15.5. The molecule has 5 heteroatoms. The molecule has 26 heavy (non-hydrogen) atoms. The maximum Gasteiger partial charge on any atom is 0.317 e. The first kappa shape index (κ1) is 17.6. The number of nitrogens with zero attached hydrogens (tertiary/aromatic N) is 3. The first-order chi connectivity index (χ1) is 12.8. The van der Waals surface area contributed by atoms with Crippen molar-refractivity contribution in [2.75, 3.05) is 45.8 Å². The molecule has 0 aromatic heterocycles. The molecule has 3 aliphatic heterocycles. The molecule has 3 heterocycles. The molecule has 140 valence electrons. The van der Waals surface area contributed by atoms with Gasteiger partial charge in [-0.15, -0.1) is 0 Å². The summed E-state index contributed by atoms with van der Waals surface area (Å²) in [4.78, 5) is 19.9. The van der Waals surface area contributed by atoms with Gasteiger partial charge in [-0.2, -0.15) is 0 Å². The van der Waals surface area contributed by atoms with Crippen LogP contribution in [0.15, 0.2) is 42.5 Å². The minimum atomic E-state index is 0.0642. The lowest BCUT2D eigenvalue weighted by Crippen LogP contribution is -2.45. The highest BCUT2D eigenvalue weighted by molar-refractivity contribution is 5.75. The van der Waals surface area contributed by atoms with Gasteiger partial charge >= 0.3 is 6.03 Å². The Hall–Kier alpha value is -1.85. The van der Waals surface area contributed by atoms with Crippen molar-refractivity contribution in [1.29, 1.82) is 0 Å². The molecule has 0 bridgehead atoms. The smallest absolute Gasteiger partial charge is 0.317 e. The van der Waals surface area contributed by atoms with E-state index in [0.29, 0.717) is 6.04 Å². The van der Waals surface area contributed by atoms with Crippen LogP contribution in [-0.4, -0.2) is 72.6 Å². The van der Waals surface area contributed by atoms with Crippen molar-refractivity contribution in [2.45, 2.75) is 31.3 Å². The molecule has 1 aromatic rings.